The van der Waals surface area contributed by atoms with E-state index in [1.807, 2.05) is 0 Å². The Morgan fingerprint density at radius 3 is 2.50 bits per heavy atom. The quantitative estimate of drug-likeness (QED) is 0.476. The van der Waals surface area contributed by atoms with Crippen molar-refractivity contribution in [2.45, 2.75) is 110 Å². The number of aliphatic hydroxyl groups is 1. The molecule has 0 amide bonds. The first-order valence-corrected chi connectivity index (χ1v) is 15.5. The molecule has 3 fully saturated rings. The molecule has 4 aliphatic rings. The largest absolute Gasteiger partial charge is 0.414 e. The van der Waals surface area contributed by atoms with Crippen molar-refractivity contribution in [1.82, 2.24) is 0 Å². The molecule has 0 aromatic heterocycles. The van der Waals surface area contributed by atoms with Crippen LogP contribution >= 0.6 is 0 Å². The van der Waals surface area contributed by atoms with Gasteiger partial charge in [0.2, 0.25) is 0 Å². The van der Waals surface area contributed by atoms with E-state index in [2.05, 4.69) is 59.9 Å². The molecule has 0 aliphatic heterocycles. The molecule has 0 bridgehead atoms. The highest BCUT2D eigenvalue weighted by atomic mass is 28.4. The summed E-state index contributed by atoms with van der Waals surface area (Å²) in [6, 6.07) is 0. The maximum atomic E-state index is 11.3. The standard InChI is InChI=1S/C27H46O2Si/c1-25(2,3)30(6,7)29-18-24(28)23-14-13-21-20-12-11-19-10-8-9-16-26(19,4)22(20)15-17-27(21,23)5/h11-12,21-24,28H,8-10,13-18H2,1-7H3/t21-,22-,23+,24+,26-,27-/m0/s1. The van der Waals surface area contributed by atoms with Crippen molar-refractivity contribution in [1.29, 1.82) is 0 Å². The minimum absolute atomic E-state index is 0.194. The molecule has 4 aliphatic carbocycles. The lowest BCUT2D eigenvalue weighted by Gasteiger charge is -2.54. The van der Waals surface area contributed by atoms with Gasteiger partial charge in [0.15, 0.2) is 8.32 Å². The fraction of sp³-hybridized carbons (Fsp3) is 0.852. The predicted octanol–water partition coefficient (Wildman–Crippen LogP) is 7.26. The molecular formula is C27H46O2Si. The summed E-state index contributed by atoms with van der Waals surface area (Å²) in [6.07, 6.45) is 15.1. The molecule has 0 saturated heterocycles. The maximum absolute atomic E-state index is 11.3. The summed E-state index contributed by atoms with van der Waals surface area (Å²) >= 11 is 0. The van der Waals surface area contributed by atoms with E-state index in [9.17, 15) is 5.11 Å². The maximum Gasteiger partial charge on any atom is 0.192 e. The molecule has 0 heterocycles. The summed E-state index contributed by atoms with van der Waals surface area (Å²) < 4.78 is 6.45. The fourth-order valence-electron chi connectivity index (χ4n) is 7.34. The van der Waals surface area contributed by atoms with Gasteiger partial charge in [0, 0.05) is 0 Å². The molecular weight excluding hydrogens is 384 g/mol. The summed E-state index contributed by atoms with van der Waals surface area (Å²) in [5.41, 5.74) is 4.10. The van der Waals surface area contributed by atoms with Crippen molar-refractivity contribution >= 4 is 8.32 Å². The van der Waals surface area contributed by atoms with Crippen LogP contribution in [0.5, 0.6) is 0 Å². The molecule has 4 rings (SSSR count). The SMILES string of the molecule is CC(C)(C)[Si](C)(C)OC[C@@H](O)[C@H]1CC[C@H]2C3=CC=C4CCCC[C@]4(C)[C@H]3CC[C@]12C. The van der Waals surface area contributed by atoms with Crippen molar-refractivity contribution in [2.75, 3.05) is 6.61 Å². The Morgan fingerprint density at radius 1 is 1.07 bits per heavy atom. The third-order valence-electron chi connectivity index (χ3n) is 10.4. The Kier molecular flexibility index (Phi) is 5.77. The molecule has 6 atom stereocenters. The molecule has 0 aromatic rings. The zero-order valence-corrected chi connectivity index (χ0v) is 21.7. The van der Waals surface area contributed by atoms with Gasteiger partial charge < -0.3 is 9.53 Å². The van der Waals surface area contributed by atoms with E-state index in [0.29, 0.717) is 23.9 Å². The van der Waals surface area contributed by atoms with Gasteiger partial charge in [-0.1, -0.05) is 64.3 Å². The van der Waals surface area contributed by atoms with Gasteiger partial charge >= 0.3 is 0 Å². The lowest BCUT2D eigenvalue weighted by Crippen LogP contribution is -2.48. The zero-order valence-electron chi connectivity index (χ0n) is 20.7. The molecule has 0 radical (unpaired) electrons. The van der Waals surface area contributed by atoms with E-state index in [1.165, 1.54) is 44.9 Å². The van der Waals surface area contributed by atoms with Gasteiger partial charge in [0.1, 0.15) is 0 Å². The number of hydrogen-bond donors (Lipinski definition) is 1. The van der Waals surface area contributed by atoms with Crippen molar-refractivity contribution in [3.63, 3.8) is 0 Å². The summed E-state index contributed by atoms with van der Waals surface area (Å²) in [4.78, 5) is 0. The van der Waals surface area contributed by atoms with Gasteiger partial charge in [0.25, 0.3) is 0 Å². The first kappa shape index (κ1) is 22.8. The van der Waals surface area contributed by atoms with Gasteiger partial charge in [-0.2, -0.15) is 0 Å². The Bertz CT molecular complexity index is 730. The topological polar surface area (TPSA) is 29.5 Å². The van der Waals surface area contributed by atoms with Crippen LogP contribution in [-0.4, -0.2) is 26.1 Å². The van der Waals surface area contributed by atoms with Crippen molar-refractivity contribution < 1.29 is 9.53 Å². The third-order valence-corrected chi connectivity index (χ3v) is 14.9. The number of aliphatic hydroxyl groups excluding tert-OH is 1. The third kappa shape index (κ3) is 3.51. The van der Waals surface area contributed by atoms with Crippen LogP contribution in [0.4, 0.5) is 0 Å². The van der Waals surface area contributed by atoms with Crippen LogP contribution in [0.1, 0.15) is 86.0 Å². The van der Waals surface area contributed by atoms with Crippen molar-refractivity contribution in [3.8, 4) is 0 Å². The van der Waals surface area contributed by atoms with Crippen LogP contribution in [0.2, 0.25) is 18.1 Å². The summed E-state index contributed by atoms with van der Waals surface area (Å²) in [5, 5.41) is 11.5. The average molecular weight is 431 g/mol. The van der Waals surface area contributed by atoms with Gasteiger partial charge in [-0.05, 0) is 91.7 Å². The van der Waals surface area contributed by atoms with Crippen LogP contribution in [0.3, 0.4) is 0 Å². The van der Waals surface area contributed by atoms with Crippen LogP contribution in [-0.2, 0) is 4.43 Å². The molecule has 0 spiro atoms. The molecule has 30 heavy (non-hydrogen) atoms. The highest BCUT2D eigenvalue weighted by Crippen LogP contribution is 2.65. The second-order valence-corrected chi connectivity index (χ2v) is 17.8. The van der Waals surface area contributed by atoms with E-state index in [4.69, 9.17) is 4.43 Å². The Morgan fingerprint density at radius 2 is 1.80 bits per heavy atom. The molecule has 0 unspecified atom stereocenters. The van der Waals surface area contributed by atoms with Crippen molar-refractivity contribution in [2.24, 2.45) is 28.6 Å². The summed E-state index contributed by atoms with van der Waals surface area (Å²) in [5.74, 6) is 1.77. The fourth-order valence-corrected chi connectivity index (χ4v) is 8.36. The van der Waals surface area contributed by atoms with Crippen LogP contribution in [0, 0.1) is 28.6 Å². The van der Waals surface area contributed by atoms with Gasteiger partial charge in [-0.25, -0.2) is 0 Å². The molecule has 1 N–H and O–H groups in total. The Hall–Kier alpha value is -0.383. The summed E-state index contributed by atoms with van der Waals surface area (Å²) in [6.45, 7) is 17.0. The normalized spacial score (nSPS) is 40.1. The van der Waals surface area contributed by atoms with E-state index in [1.54, 1.807) is 11.1 Å². The molecule has 2 nitrogen and oxygen atoms in total. The van der Waals surface area contributed by atoms with E-state index < -0.39 is 8.32 Å². The lowest BCUT2D eigenvalue weighted by molar-refractivity contribution is -0.0208. The zero-order chi connectivity index (χ0) is 21.9. The van der Waals surface area contributed by atoms with Crippen molar-refractivity contribution in [3.05, 3.63) is 23.3 Å². The smallest absolute Gasteiger partial charge is 0.192 e. The first-order valence-electron chi connectivity index (χ1n) is 12.6. The molecule has 3 heteroatoms. The van der Waals surface area contributed by atoms with E-state index >= 15 is 0 Å². The average Bonchev–Trinajstić information content (AvgIpc) is 3.02. The summed E-state index contributed by atoms with van der Waals surface area (Å²) in [7, 11) is -1.82. The molecule has 170 valence electrons. The minimum Gasteiger partial charge on any atom is -0.414 e. The second kappa shape index (κ2) is 7.59. The van der Waals surface area contributed by atoms with Crippen LogP contribution in [0.25, 0.3) is 0 Å². The molecule has 3 saturated carbocycles. The minimum atomic E-state index is -1.82. The van der Waals surface area contributed by atoms with E-state index in [-0.39, 0.29) is 16.6 Å². The second-order valence-electron chi connectivity index (χ2n) is 13.0. The van der Waals surface area contributed by atoms with Gasteiger partial charge in [-0.3, -0.25) is 0 Å². The number of allylic oxidation sites excluding steroid dienone is 4. The van der Waals surface area contributed by atoms with Gasteiger partial charge in [0.05, 0.1) is 12.7 Å². The number of hydrogen-bond acceptors (Lipinski definition) is 2. The lowest BCUT2D eigenvalue weighted by atomic mass is 9.50. The Balaban J connectivity index is 1.51. The highest BCUT2D eigenvalue weighted by molar-refractivity contribution is 6.74. The van der Waals surface area contributed by atoms with Gasteiger partial charge in [-0.15, -0.1) is 0 Å². The van der Waals surface area contributed by atoms with Crippen LogP contribution < -0.4 is 0 Å². The first-order chi connectivity index (χ1) is 13.9. The molecule has 0 aromatic carbocycles. The predicted molar refractivity (Wildman–Crippen MR) is 129 cm³/mol. The monoisotopic (exact) mass is 430 g/mol. The number of rotatable bonds is 4. The highest BCUT2D eigenvalue weighted by Gasteiger charge is 2.57. The Labute approximate surface area is 186 Å². The number of fused-ring (bicyclic) bond motifs is 5. The van der Waals surface area contributed by atoms with Crippen LogP contribution in [0.15, 0.2) is 23.3 Å². The van der Waals surface area contributed by atoms with E-state index in [0.717, 1.165) is 12.3 Å².